The number of hydrogen-bond donors (Lipinski definition) is 3. The third kappa shape index (κ3) is 5.57. The third-order valence-corrected chi connectivity index (χ3v) is 2.41. The van der Waals surface area contributed by atoms with Crippen LogP contribution in [0.25, 0.3) is 0 Å². The van der Waals surface area contributed by atoms with E-state index in [4.69, 9.17) is 11.5 Å². The number of amides is 1. The Bertz CT molecular complexity index is 419. The minimum atomic E-state index is -4.43. The summed E-state index contributed by atoms with van der Waals surface area (Å²) in [6, 6.07) is 1.33. The predicted molar refractivity (Wildman–Crippen MR) is 60.6 cm³/mol. The van der Waals surface area contributed by atoms with Crippen molar-refractivity contribution in [2.75, 3.05) is 23.8 Å². The molecule has 0 radical (unpaired) electrons. The van der Waals surface area contributed by atoms with Crippen LogP contribution in [0.3, 0.4) is 0 Å². The largest absolute Gasteiger partial charge is 0.405 e. The molecule has 0 spiro atoms. The molecule has 100 valence electrons. The molecule has 0 aromatic carbocycles. The molecule has 0 aliphatic heterocycles. The zero-order valence-electron chi connectivity index (χ0n) is 8.99. The van der Waals surface area contributed by atoms with Crippen molar-refractivity contribution >= 4 is 29.3 Å². The number of alkyl halides is 3. The van der Waals surface area contributed by atoms with Crippen LogP contribution in [-0.4, -0.2) is 34.3 Å². The summed E-state index contributed by atoms with van der Waals surface area (Å²) in [6.07, 6.45) is -4.43. The highest BCUT2D eigenvalue weighted by atomic mass is 32.2. The van der Waals surface area contributed by atoms with Crippen molar-refractivity contribution in [3.05, 3.63) is 6.07 Å². The molecule has 5 N–H and O–H groups in total. The molecule has 0 aliphatic rings. The van der Waals surface area contributed by atoms with Gasteiger partial charge in [-0.3, -0.25) is 4.79 Å². The summed E-state index contributed by atoms with van der Waals surface area (Å²) in [5.41, 5.74) is 10.8. The van der Waals surface area contributed by atoms with Gasteiger partial charge in [-0.25, -0.2) is 9.97 Å². The summed E-state index contributed by atoms with van der Waals surface area (Å²) in [4.78, 5) is 18.6. The summed E-state index contributed by atoms with van der Waals surface area (Å²) >= 11 is 0.846. The average Bonchev–Trinajstić information content (AvgIpc) is 2.21. The normalized spacial score (nSPS) is 11.3. The average molecular weight is 281 g/mol. The van der Waals surface area contributed by atoms with Gasteiger partial charge in [0.1, 0.15) is 18.2 Å². The Morgan fingerprint density at radius 3 is 2.39 bits per heavy atom. The Kier molecular flexibility index (Phi) is 4.59. The Morgan fingerprint density at radius 1 is 1.33 bits per heavy atom. The van der Waals surface area contributed by atoms with Gasteiger partial charge >= 0.3 is 6.18 Å². The molecule has 0 saturated heterocycles. The Labute approximate surface area is 104 Å². The van der Waals surface area contributed by atoms with Crippen LogP contribution in [0.1, 0.15) is 0 Å². The van der Waals surface area contributed by atoms with E-state index in [2.05, 4.69) is 9.97 Å². The van der Waals surface area contributed by atoms with E-state index in [1.165, 1.54) is 6.07 Å². The van der Waals surface area contributed by atoms with Gasteiger partial charge in [-0.15, -0.1) is 0 Å². The van der Waals surface area contributed by atoms with E-state index in [1.54, 1.807) is 5.32 Å². The highest BCUT2D eigenvalue weighted by molar-refractivity contribution is 7.99. The van der Waals surface area contributed by atoms with Gasteiger partial charge in [0.25, 0.3) is 0 Å². The van der Waals surface area contributed by atoms with Crippen LogP contribution in [0.15, 0.2) is 11.2 Å². The molecule has 1 rings (SSSR count). The Morgan fingerprint density at radius 2 is 1.89 bits per heavy atom. The maximum atomic E-state index is 11.8. The Hall–Kier alpha value is -1.71. The van der Waals surface area contributed by atoms with Crippen molar-refractivity contribution in [3.8, 4) is 0 Å². The molecule has 1 heterocycles. The van der Waals surface area contributed by atoms with Gasteiger partial charge in [-0.2, -0.15) is 13.2 Å². The van der Waals surface area contributed by atoms with Crippen LogP contribution in [0.5, 0.6) is 0 Å². The molecule has 1 aromatic rings. The maximum absolute atomic E-state index is 11.8. The molecular formula is C8H10F3N5OS. The summed E-state index contributed by atoms with van der Waals surface area (Å²) in [7, 11) is 0. The van der Waals surface area contributed by atoms with Gasteiger partial charge in [0, 0.05) is 6.07 Å². The first-order valence-electron chi connectivity index (χ1n) is 4.62. The second-order valence-electron chi connectivity index (χ2n) is 3.18. The van der Waals surface area contributed by atoms with Gasteiger partial charge in [0.15, 0.2) is 5.16 Å². The van der Waals surface area contributed by atoms with Crippen LogP contribution in [0.4, 0.5) is 24.8 Å². The van der Waals surface area contributed by atoms with Crippen molar-refractivity contribution in [1.29, 1.82) is 0 Å². The van der Waals surface area contributed by atoms with E-state index in [0.29, 0.717) is 0 Å². The van der Waals surface area contributed by atoms with Crippen molar-refractivity contribution in [1.82, 2.24) is 15.3 Å². The molecule has 0 saturated carbocycles. The fourth-order valence-corrected chi connectivity index (χ4v) is 1.61. The quantitative estimate of drug-likeness (QED) is 0.545. The fourth-order valence-electron chi connectivity index (χ4n) is 0.906. The van der Waals surface area contributed by atoms with E-state index in [-0.39, 0.29) is 22.5 Å². The van der Waals surface area contributed by atoms with Gasteiger partial charge in [0.2, 0.25) is 5.91 Å². The molecule has 10 heteroatoms. The SMILES string of the molecule is Nc1cc(N)nc(SCC(=O)NCC(F)(F)F)n1. The molecule has 18 heavy (non-hydrogen) atoms. The zero-order valence-corrected chi connectivity index (χ0v) is 9.81. The highest BCUT2D eigenvalue weighted by Gasteiger charge is 2.27. The molecule has 0 fully saturated rings. The van der Waals surface area contributed by atoms with E-state index >= 15 is 0 Å². The number of nitrogens with one attached hydrogen (secondary N) is 1. The zero-order chi connectivity index (χ0) is 13.8. The number of nitrogen functional groups attached to an aromatic ring is 2. The minimum Gasteiger partial charge on any atom is -0.383 e. The lowest BCUT2D eigenvalue weighted by molar-refractivity contribution is -0.136. The second-order valence-corrected chi connectivity index (χ2v) is 4.12. The lowest BCUT2D eigenvalue weighted by Gasteiger charge is -2.07. The fraction of sp³-hybridized carbons (Fsp3) is 0.375. The minimum absolute atomic E-state index is 0.126. The van der Waals surface area contributed by atoms with Crippen molar-refractivity contribution < 1.29 is 18.0 Å². The van der Waals surface area contributed by atoms with Crippen LogP contribution in [0, 0.1) is 0 Å². The first kappa shape index (κ1) is 14.4. The summed E-state index contributed by atoms with van der Waals surface area (Å²) in [5, 5.41) is 1.85. The second kappa shape index (κ2) is 5.76. The molecule has 1 amide bonds. The number of nitrogens with two attached hydrogens (primary N) is 2. The molecule has 6 nitrogen and oxygen atoms in total. The number of carbonyl (C=O) groups excluding carboxylic acids is 1. The molecule has 1 aromatic heterocycles. The number of hydrogen-bond acceptors (Lipinski definition) is 6. The van der Waals surface area contributed by atoms with Gasteiger partial charge < -0.3 is 16.8 Å². The number of anilines is 2. The maximum Gasteiger partial charge on any atom is 0.405 e. The predicted octanol–water partition coefficient (Wildman–Crippen LogP) is 0.412. The molecular weight excluding hydrogens is 271 g/mol. The summed E-state index contributed by atoms with van der Waals surface area (Å²) in [6.45, 7) is -1.37. The van der Waals surface area contributed by atoms with Crippen molar-refractivity contribution in [3.63, 3.8) is 0 Å². The van der Waals surface area contributed by atoms with Crippen LogP contribution in [0.2, 0.25) is 0 Å². The molecule has 0 unspecified atom stereocenters. The van der Waals surface area contributed by atoms with E-state index < -0.39 is 18.6 Å². The highest BCUT2D eigenvalue weighted by Crippen LogP contribution is 2.16. The summed E-state index contributed by atoms with van der Waals surface area (Å²) < 4.78 is 35.4. The van der Waals surface area contributed by atoms with Crippen LogP contribution < -0.4 is 16.8 Å². The van der Waals surface area contributed by atoms with Crippen LogP contribution in [-0.2, 0) is 4.79 Å². The van der Waals surface area contributed by atoms with E-state index in [1.807, 2.05) is 0 Å². The van der Waals surface area contributed by atoms with Gasteiger partial charge in [0.05, 0.1) is 5.75 Å². The number of aromatic nitrogens is 2. The molecule has 0 atom stereocenters. The first-order chi connectivity index (χ1) is 8.26. The summed E-state index contributed by atoms with van der Waals surface area (Å²) in [5.74, 6) is -0.776. The van der Waals surface area contributed by atoms with Crippen LogP contribution >= 0.6 is 11.8 Å². The van der Waals surface area contributed by atoms with Gasteiger partial charge in [-0.1, -0.05) is 11.8 Å². The van der Waals surface area contributed by atoms with E-state index in [9.17, 15) is 18.0 Å². The van der Waals surface area contributed by atoms with Crippen molar-refractivity contribution in [2.24, 2.45) is 0 Å². The standard InChI is InChI=1S/C8H10F3N5OS/c9-8(10,11)3-14-6(17)2-18-7-15-4(12)1-5(13)16-7/h1H,2-3H2,(H,14,17)(H4,12,13,15,16). The molecule has 0 aliphatic carbocycles. The third-order valence-electron chi connectivity index (χ3n) is 1.56. The number of carbonyl (C=O) groups is 1. The monoisotopic (exact) mass is 281 g/mol. The topological polar surface area (TPSA) is 107 Å². The number of rotatable bonds is 4. The van der Waals surface area contributed by atoms with Crippen molar-refractivity contribution in [2.45, 2.75) is 11.3 Å². The smallest absolute Gasteiger partial charge is 0.383 e. The lowest BCUT2D eigenvalue weighted by Crippen LogP contribution is -2.34. The van der Waals surface area contributed by atoms with Gasteiger partial charge in [-0.05, 0) is 0 Å². The number of nitrogens with zero attached hydrogens (tertiary/aromatic N) is 2. The molecule has 0 bridgehead atoms. The number of halogens is 3. The van der Waals surface area contributed by atoms with E-state index in [0.717, 1.165) is 11.8 Å². The number of thioether (sulfide) groups is 1. The Balaban J connectivity index is 2.43. The lowest BCUT2D eigenvalue weighted by atomic mass is 10.5. The first-order valence-corrected chi connectivity index (χ1v) is 5.61.